The summed E-state index contributed by atoms with van der Waals surface area (Å²) in [4.78, 5) is 23.2. The van der Waals surface area contributed by atoms with Gasteiger partial charge in [0.15, 0.2) is 6.29 Å². The van der Waals surface area contributed by atoms with Gasteiger partial charge in [-0.1, -0.05) is 42.5 Å². The molecular formula is C22H32N2O5. The molecule has 1 aliphatic heterocycles. The molecule has 2 rings (SSSR count). The molecule has 0 radical (unpaired) electrons. The van der Waals surface area contributed by atoms with Crippen LogP contribution in [-0.2, 0) is 25.5 Å². The maximum Gasteiger partial charge on any atom is 0.315 e. The van der Waals surface area contributed by atoms with Crippen LogP contribution < -0.4 is 10.6 Å². The highest BCUT2D eigenvalue weighted by Crippen LogP contribution is 2.22. The molecule has 0 saturated carbocycles. The molecule has 1 saturated heterocycles. The SMILES string of the molecule is COC(=O)CCC/C=C\C[C@H]1CO[C@@H](C)O[C@H]1CNC(=O)NCc1ccccc1. The molecule has 3 atom stereocenters. The predicted molar refractivity (Wildman–Crippen MR) is 110 cm³/mol. The molecule has 1 aromatic rings. The van der Waals surface area contributed by atoms with Crippen LogP contribution in [0.1, 0.15) is 38.2 Å². The van der Waals surface area contributed by atoms with E-state index in [1.165, 1.54) is 7.11 Å². The lowest BCUT2D eigenvalue weighted by Gasteiger charge is -2.35. The number of hydrogen-bond donors (Lipinski definition) is 2. The van der Waals surface area contributed by atoms with Gasteiger partial charge in [0.1, 0.15) is 0 Å². The van der Waals surface area contributed by atoms with Crippen LogP contribution in [0.2, 0.25) is 0 Å². The second-order valence-electron chi connectivity index (χ2n) is 7.06. The summed E-state index contributed by atoms with van der Waals surface area (Å²) in [5.74, 6) is -0.0179. The molecule has 0 bridgehead atoms. The van der Waals surface area contributed by atoms with E-state index in [1.807, 2.05) is 37.3 Å². The van der Waals surface area contributed by atoms with Crippen molar-refractivity contribution in [2.24, 2.45) is 5.92 Å². The van der Waals surface area contributed by atoms with Crippen LogP contribution in [0, 0.1) is 5.92 Å². The summed E-state index contributed by atoms with van der Waals surface area (Å²) in [6.45, 7) is 3.36. The van der Waals surface area contributed by atoms with Crippen molar-refractivity contribution in [1.29, 1.82) is 0 Å². The Kier molecular flexibility index (Phi) is 10.2. The fourth-order valence-electron chi connectivity index (χ4n) is 3.09. The van der Waals surface area contributed by atoms with E-state index < -0.39 is 0 Å². The average Bonchev–Trinajstić information content (AvgIpc) is 2.74. The van der Waals surface area contributed by atoms with Crippen LogP contribution in [-0.4, -0.2) is 44.7 Å². The molecule has 0 aromatic heterocycles. The first-order chi connectivity index (χ1) is 14.1. The van der Waals surface area contributed by atoms with Crippen LogP contribution in [0.25, 0.3) is 0 Å². The lowest BCUT2D eigenvalue weighted by Crippen LogP contribution is -2.47. The number of unbranched alkanes of at least 4 members (excludes halogenated alkanes) is 1. The highest BCUT2D eigenvalue weighted by Gasteiger charge is 2.29. The van der Waals surface area contributed by atoms with Gasteiger partial charge >= 0.3 is 12.0 Å². The maximum atomic E-state index is 12.1. The van der Waals surface area contributed by atoms with Crippen LogP contribution in [0.5, 0.6) is 0 Å². The molecule has 1 fully saturated rings. The van der Waals surface area contributed by atoms with E-state index >= 15 is 0 Å². The average molecular weight is 405 g/mol. The lowest BCUT2D eigenvalue weighted by atomic mass is 9.97. The third kappa shape index (κ3) is 9.11. The number of carbonyl (C=O) groups excluding carboxylic acids is 2. The summed E-state index contributed by atoms with van der Waals surface area (Å²) in [5.41, 5.74) is 1.05. The molecule has 1 aromatic carbocycles. The number of urea groups is 1. The van der Waals surface area contributed by atoms with Gasteiger partial charge in [0.25, 0.3) is 0 Å². The van der Waals surface area contributed by atoms with Gasteiger partial charge < -0.3 is 24.8 Å². The Bertz CT molecular complexity index is 650. The Labute approximate surface area is 172 Å². The molecule has 2 amide bonds. The van der Waals surface area contributed by atoms with Crippen molar-refractivity contribution in [3.05, 3.63) is 48.0 Å². The number of hydrogen-bond acceptors (Lipinski definition) is 5. The Hall–Kier alpha value is -2.38. The van der Waals surface area contributed by atoms with Crippen LogP contribution in [0.15, 0.2) is 42.5 Å². The Balaban J connectivity index is 1.71. The number of ether oxygens (including phenoxy) is 3. The number of nitrogens with one attached hydrogen (secondary N) is 2. The first kappa shape index (κ1) is 22.9. The van der Waals surface area contributed by atoms with Crippen molar-refractivity contribution in [2.45, 2.75) is 51.5 Å². The van der Waals surface area contributed by atoms with Gasteiger partial charge in [0.2, 0.25) is 0 Å². The fourth-order valence-corrected chi connectivity index (χ4v) is 3.09. The van der Waals surface area contributed by atoms with Crippen LogP contribution >= 0.6 is 0 Å². The first-order valence-electron chi connectivity index (χ1n) is 10.1. The minimum Gasteiger partial charge on any atom is -0.469 e. The third-order valence-electron chi connectivity index (χ3n) is 4.78. The number of esters is 1. The summed E-state index contributed by atoms with van der Waals surface area (Å²) < 4.78 is 16.1. The normalized spacial score (nSPS) is 21.7. The van der Waals surface area contributed by atoms with E-state index in [0.717, 1.165) is 24.8 Å². The van der Waals surface area contributed by atoms with Crippen LogP contribution in [0.4, 0.5) is 4.79 Å². The van der Waals surface area contributed by atoms with E-state index in [2.05, 4.69) is 27.5 Å². The fraction of sp³-hybridized carbons (Fsp3) is 0.545. The minimum atomic E-state index is -0.283. The second-order valence-corrected chi connectivity index (χ2v) is 7.06. The quantitative estimate of drug-likeness (QED) is 0.355. The number of rotatable bonds is 10. The van der Waals surface area contributed by atoms with E-state index in [4.69, 9.17) is 9.47 Å². The molecule has 29 heavy (non-hydrogen) atoms. The van der Waals surface area contributed by atoms with Crippen molar-refractivity contribution in [3.8, 4) is 0 Å². The van der Waals surface area contributed by atoms with Gasteiger partial charge in [-0.05, 0) is 31.7 Å². The minimum absolute atomic E-state index is 0.110. The second kappa shape index (κ2) is 13.0. The molecule has 2 N–H and O–H groups in total. The smallest absolute Gasteiger partial charge is 0.315 e. The van der Waals surface area contributed by atoms with Crippen molar-refractivity contribution in [2.75, 3.05) is 20.3 Å². The Morgan fingerprint density at radius 1 is 1.21 bits per heavy atom. The van der Waals surface area contributed by atoms with E-state index in [0.29, 0.717) is 26.1 Å². The van der Waals surface area contributed by atoms with E-state index in [1.54, 1.807) is 0 Å². The standard InChI is InChI=1S/C22H32N2O5/c1-17-28-16-19(12-8-3-4-9-13-21(25)27-2)20(29-17)15-24-22(26)23-14-18-10-6-5-7-11-18/h3,5-8,10-11,17,19-20H,4,9,12-16H2,1-2H3,(H2,23,24,26)/b8-3-/t17-,19+,20+/m1/s1. The van der Waals surface area contributed by atoms with Gasteiger partial charge in [0.05, 0.1) is 19.8 Å². The number of allylic oxidation sites excluding steroid dienone is 2. The summed E-state index contributed by atoms with van der Waals surface area (Å²) in [5, 5.41) is 5.75. The van der Waals surface area contributed by atoms with Crippen molar-refractivity contribution in [1.82, 2.24) is 10.6 Å². The highest BCUT2D eigenvalue weighted by atomic mass is 16.7. The molecule has 7 nitrogen and oxygen atoms in total. The number of methoxy groups -OCH3 is 1. The molecule has 1 heterocycles. The maximum absolute atomic E-state index is 12.1. The van der Waals surface area contributed by atoms with Gasteiger partial charge in [-0.15, -0.1) is 0 Å². The zero-order valence-electron chi connectivity index (χ0n) is 17.3. The number of amides is 2. The molecule has 1 aliphatic rings. The Morgan fingerprint density at radius 3 is 2.76 bits per heavy atom. The third-order valence-corrected chi connectivity index (χ3v) is 4.78. The monoisotopic (exact) mass is 404 g/mol. The summed E-state index contributed by atoms with van der Waals surface area (Å²) in [6, 6.07) is 9.56. The van der Waals surface area contributed by atoms with Crippen LogP contribution in [0.3, 0.4) is 0 Å². The molecular weight excluding hydrogens is 372 g/mol. The largest absolute Gasteiger partial charge is 0.469 e. The molecule has 0 aliphatic carbocycles. The predicted octanol–water partition coefficient (Wildman–Crippen LogP) is 3.15. The first-order valence-corrected chi connectivity index (χ1v) is 10.1. The zero-order chi connectivity index (χ0) is 20.9. The number of benzene rings is 1. The molecule has 0 unspecified atom stereocenters. The summed E-state index contributed by atoms with van der Waals surface area (Å²) in [7, 11) is 1.40. The summed E-state index contributed by atoms with van der Waals surface area (Å²) in [6.07, 6.45) is 6.58. The molecule has 0 spiro atoms. The number of carbonyl (C=O) groups is 2. The van der Waals surface area contributed by atoms with Gasteiger partial charge in [-0.2, -0.15) is 0 Å². The van der Waals surface area contributed by atoms with E-state index in [9.17, 15) is 9.59 Å². The summed E-state index contributed by atoms with van der Waals surface area (Å²) >= 11 is 0. The molecule has 160 valence electrons. The highest BCUT2D eigenvalue weighted by molar-refractivity contribution is 5.73. The van der Waals surface area contributed by atoms with Crippen molar-refractivity contribution in [3.63, 3.8) is 0 Å². The molecule has 7 heteroatoms. The van der Waals surface area contributed by atoms with Crippen molar-refractivity contribution >= 4 is 12.0 Å². The van der Waals surface area contributed by atoms with Gasteiger partial charge in [0, 0.05) is 25.4 Å². The van der Waals surface area contributed by atoms with E-state index in [-0.39, 0.29) is 30.3 Å². The van der Waals surface area contributed by atoms with Crippen molar-refractivity contribution < 1.29 is 23.8 Å². The Morgan fingerprint density at radius 2 is 2.00 bits per heavy atom. The topological polar surface area (TPSA) is 85.9 Å². The van der Waals surface area contributed by atoms with Gasteiger partial charge in [-0.25, -0.2) is 4.79 Å². The zero-order valence-corrected chi connectivity index (χ0v) is 17.3. The van der Waals surface area contributed by atoms with Gasteiger partial charge in [-0.3, -0.25) is 4.79 Å². The lowest BCUT2D eigenvalue weighted by molar-refractivity contribution is -0.224.